The van der Waals surface area contributed by atoms with Crippen LogP contribution in [0, 0.1) is 13.8 Å². The van der Waals surface area contributed by atoms with Gasteiger partial charge in [-0.2, -0.15) is 0 Å². The van der Waals surface area contributed by atoms with Gasteiger partial charge < -0.3 is 0 Å². The van der Waals surface area contributed by atoms with Gasteiger partial charge in [-0.25, -0.2) is 9.13 Å². The van der Waals surface area contributed by atoms with Gasteiger partial charge in [0.25, 0.3) is 5.82 Å². The number of hydrogen-bond acceptors (Lipinski definition) is 1. The number of aromatic nitrogens is 3. The Balaban J connectivity index is 2.96. The summed E-state index contributed by atoms with van der Waals surface area (Å²) in [6, 6.07) is 0. The van der Waals surface area contributed by atoms with Crippen LogP contribution in [-0.4, -0.2) is 9.55 Å². The number of rotatable bonds is 1. The van der Waals surface area contributed by atoms with E-state index in [2.05, 4.69) is 41.9 Å². The zero-order chi connectivity index (χ0) is 10.3. The summed E-state index contributed by atoms with van der Waals surface area (Å²) in [5.74, 6) is 1.28. The highest BCUT2D eigenvalue weighted by molar-refractivity contribution is 5.74. The van der Waals surface area contributed by atoms with Crippen LogP contribution in [0.5, 0.6) is 0 Å². The molecule has 0 saturated carbocycles. The molecule has 14 heavy (non-hydrogen) atoms. The molecule has 0 radical (unpaired) electrons. The molecule has 0 bridgehead atoms. The molecule has 0 fully saturated rings. The van der Waals surface area contributed by atoms with Crippen molar-refractivity contribution in [2.24, 2.45) is 7.05 Å². The molecule has 2 aromatic rings. The van der Waals surface area contributed by atoms with Gasteiger partial charge in [0.15, 0.2) is 11.0 Å². The van der Waals surface area contributed by atoms with E-state index in [-0.39, 0.29) is 0 Å². The van der Waals surface area contributed by atoms with E-state index >= 15 is 0 Å². The number of fused-ring (bicyclic) bond motifs is 1. The third-order valence-corrected chi connectivity index (χ3v) is 2.90. The fourth-order valence-corrected chi connectivity index (χ4v) is 2.04. The average Bonchev–Trinajstić information content (AvgIpc) is 2.43. The minimum absolute atomic E-state index is 1.01. The zero-order valence-electron chi connectivity index (χ0n) is 9.20. The smallest absolute Gasteiger partial charge is 0.254 e. The van der Waals surface area contributed by atoms with Gasteiger partial charge in [-0.3, -0.25) is 4.98 Å². The van der Waals surface area contributed by atoms with Gasteiger partial charge >= 0.3 is 0 Å². The van der Waals surface area contributed by atoms with Crippen molar-refractivity contribution in [3.05, 3.63) is 23.8 Å². The highest BCUT2D eigenvalue weighted by Crippen LogP contribution is 2.14. The number of aryl methyl sites for hydroxylation is 3. The van der Waals surface area contributed by atoms with E-state index in [9.17, 15) is 0 Å². The Bertz CT molecular complexity index is 483. The highest BCUT2D eigenvalue weighted by Gasteiger charge is 2.19. The third kappa shape index (κ3) is 1.05. The number of nitrogens with zero attached hydrogens (tertiary/aromatic N) is 3. The van der Waals surface area contributed by atoms with E-state index in [1.54, 1.807) is 0 Å². The van der Waals surface area contributed by atoms with Gasteiger partial charge in [0.2, 0.25) is 0 Å². The van der Waals surface area contributed by atoms with Gasteiger partial charge in [-0.1, -0.05) is 0 Å². The molecule has 0 aliphatic rings. The first-order chi connectivity index (χ1) is 6.66. The second kappa shape index (κ2) is 3.08. The van der Waals surface area contributed by atoms with E-state index in [1.165, 1.54) is 22.4 Å². The summed E-state index contributed by atoms with van der Waals surface area (Å²) in [4.78, 5) is 4.23. The van der Waals surface area contributed by atoms with Crippen molar-refractivity contribution < 1.29 is 4.57 Å². The molecule has 0 saturated heterocycles. The third-order valence-electron chi connectivity index (χ3n) is 2.90. The predicted octanol–water partition coefficient (Wildman–Crippen LogP) is 1.50. The van der Waals surface area contributed by atoms with Gasteiger partial charge in [0.1, 0.15) is 0 Å². The van der Waals surface area contributed by atoms with E-state index in [4.69, 9.17) is 0 Å². The van der Waals surface area contributed by atoms with E-state index in [0.29, 0.717) is 0 Å². The van der Waals surface area contributed by atoms with Crippen molar-refractivity contribution in [2.75, 3.05) is 0 Å². The Kier molecular flexibility index (Phi) is 2.02. The van der Waals surface area contributed by atoms with Crippen LogP contribution in [0.4, 0.5) is 0 Å². The Morgan fingerprint density at radius 3 is 2.71 bits per heavy atom. The van der Waals surface area contributed by atoms with E-state index in [0.717, 1.165) is 6.54 Å². The molecule has 0 atom stereocenters. The topological polar surface area (TPSA) is 21.7 Å². The standard InChI is InChI=1S/C11H16N3/c1-5-14-9(3)13(4)10-7-12-6-8(2)11(10)14/h6-7H,5H2,1-4H3/q+1. The first-order valence-electron chi connectivity index (χ1n) is 4.96. The molecule has 0 N–H and O–H groups in total. The summed E-state index contributed by atoms with van der Waals surface area (Å²) in [5.41, 5.74) is 3.76. The molecule has 74 valence electrons. The molecule has 0 aliphatic carbocycles. The van der Waals surface area contributed by atoms with Crippen molar-refractivity contribution in [1.29, 1.82) is 0 Å². The van der Waals surface area contributed by atoms with Crippen LogP contribution in [0.25, 0.3) is 11.0 Å². The largest absolute Gasteiger partial charge is 0.260 e. The lowest BCUT2D eigenvalue weighted by atomic mass is 10.2. The quantitative estimate of drug-likeness (QED) is 0.624. The minimum atomic E-state index is 1.01. The van der Waals surface area contributed by atoms with Gasteiger partial charge in [-0.15, -0.1) is 0 Å². The molecule has 0 unspecified atom stereocenters. The summed E-state index contributed by atoms with van der Waals surface area (Å²) < 4.78 is 4.52. The van der Waals surface area contributed by atoms with Gasteiger partial charge in [-0.05, 0) is 13.8 Å². The van der Waals surface area contributed by atoms with Crippen LogP contribution in [0.3, 0.4) is 0 Å². The van der Waals surface area contributed by atoms with Crippen molar-refractivity contribution in [1.82, 2.24) is 9.55 Å². The van der Waals surface area contributed by atoms with Crippen molar-refractivity contribution in [3.63, 3.8) is 0 Å². The second-order valence-corrected chi connectivity index (χ2v) is 3.67. The van der Waals surface area contributed by atoms with E-state index in [1.807, 2.05) is 12.4 Å². The summed E-state index contributed by atoms with van der Waals surface area (Å²) in [6.07, 6.45) is 3.86. The monoisotopic (exact) mass is 190 g/mol. The zero-order valence-corrected chi connectivity index (χ0v) is 9.20. The van der Waals surface area contributed by atoms with Crippen molar-refractivity contribution in [2.45, 2.75) is 27.3 Å². The Hall–Kier alpha value is -1.38. The van der Waals surface area contributed by atoms with Crippen LogP contribution >= 0.6 is 0 Å². The molecule has 3 nitrogen and oxygen atoms in total. The molecule has 3 heteroatoms. The molecule has 0 amide bonds. The van der Waals surface area contributed by atoms with Crippen LogP contribution in [-0.2, 0) is 13.6 Å². The molecule has 0 spiro atoms. The average molecular weight is 190 g/mol. The van der Waals surface area contributed by atoms with Gasteiger partial charge in [0, 0.05) is 18.7 Å². The van der Waals surface area contributed by atoms with Crippen molar-refractivity contribution >= 4 is 11.0 Å². The van der Waals surface area contributed by atoms with Gasteiger partial charge in [0.05, 0.1) is 19.8 Å². The molecule has 0 aromatic carbocycles. The molecule has 2 heterocycles. The maximum Gasteiger partial charge on any atom is 0.254 e. The summed E-state index contributed by atoms with van der Waals surface area (Å²) in [6.45, 7) is 7.43. The summed E-state index contributed by atoms with van der Waals surface area (Å²) >= 11 is 0. The lowest BCUT2D eigenvalue weighted by Crippen LogP contribution is -2.35. The fourth-order valence-electron chi connectivity index (χ4n) is 2.04. The fraction of sp³-hybridized carbons (Fsp3) is 0.455. The predicted molar refractivity (Wildman–Crippen MR) is 56.1 cm³/mol. The first-order valence-corrected chi connectivity index (χ1v) is 4.96. The summed E-state index contributed by atoms with van der Waals surface area (Å²) in [7, 11) is 2.09. The maximum absolute atomic E-state index is 4.23. The van der Waals surface area contributed by atoms with Crippen LogP contribution in [0.1, 0.15) is 18.3 Å². The lowest BCUT2D eigenvalue weighted by Gasteiger charge is -1.95. The normalized spacial score (nSPS) is 11.1. The SMILES string of the molecule is CC[n+]1c(C)n(C)c2cncc(C)c21. The Morgan fingerprint density at radius 1 is 1.36 bits per heavy atom. The number of hydrogen-bond donors (Lipinski definition) is 0. The molecule has 2 aromatic heterocycles. The van der Waals surface area contributed by atoms with Crippen LogP contribution in [0.15, 0.2) is 12.4 Å². The second-order valence-electron chi connectivity index (χ2n) is 3.67. The Labute approximate surface area is 84.0 Å². The highest BCUT2D eigenvalue weighted by atomic mass is 15.2. The first kappa shape index (κ1) is 9.19. The molecule has 2 rings (SSSR count). The molecular weight excluding hydrogens is 174 g/mol. The number of imidazole rings is 1. The van der Waals surface area contributed by atoms with Crippen LogP contribution in [0.2, 0.25) is 0 Å². The van der Waals surface area contributed by atoms with Crippen molar-refractivity contribution in [3.8, 4) is 0 Å². The van der Waals surface area contributed by atoms with Crippen LogP contribution < -0.4 is 4.57 Å². The Morgan fingerprint density at radius 2 is 2.07 bits per heavy atom. The van der Waals surface area contributed by atoms with E-state index < -0.39 is 0 Å². The lowest BCUT2D eigenvalue weighted by molar-refractivity contribution is -0.675. The maximum atomic E-state index is 4.23. The minimum Gasteiger partial charge on any atom is -0.260 e. The summed E-state index contributed by atoms with van der Waals surface area (Å²) in [5, 5.41) is 0. The number of pyridine rings is 1. The molecular formula is C11H16N3+. The molecule has 0 aliphatic heterocycles.